The van der Waals surface area contributed by atoms with Gasteiger partial charge in [0.15, 0.2) is 0 Å². The molecule has 0 bridgehead atoms. The van der Waals surface area contributed by atoms with Crippen molar-refractivity contribution in [3.05, 3.63) is 35.6 Å². The Morgan fingerprint density at radius 2 is 2.09 bits per heavy atom. The highest BCUT2D eigenvalue weighted by Crippen LogP contribution is 2.31. The third-order valence-corrected chi connectivity index (χ3v) is 4.50. The van der Waals surface area contributed by atoms with Gasteiger partial charge in [-0.25, -0.2) is 4.99 Å². The molecule has 2 rings (SSSR count). The van der Waals surface area contributed by atoms with Gasteiger partial charge in [0.2, 0.25) is 5.91 Å². The monoisotopic (exact) mass is 320 g/mol. The van der Waals surface area contributed by atoms with Crippen LogP contribution in [0.5, 0.6) is 0 Å². The second-order valence-corrected chi connectivity index (χ2v) is 6.85. The van der Waals surface area contributed by atoms with Crippen LogP contribution in [0, 0.1) is 17.3 Å². The second kappa shape index (κ2) is 6.21. The second-order valence-electron chi connectivity index (χ2n) is 6.58. The highest BCUT2D eigenvalue weighted by molar-refractivity contribution is 6.20. The lowest BCUT2D eigenvalue weighted by molar-refractivity contribution is -0.124. The van der Waals surface area contributed by atoms with E-state index in [1.165, 1.54) is 0 Å². The van der Waals surface area contributed by atoms with E-state index in [1.54, 1.807) is 26.0 Å². The minimum absolute atomic E-state index is 0.0489. The van der Waals surface area contributed by atoms with Gasteiger partial charge in [-0.1, -0.05) is 19.9 Å². The fraction of sp³-hybridized carbons (Fsp3) is 0.471. The summed E-state index contributed by atoms with van der Waals surface area (Å²) in [5.41, 5.74) is 1.68. The lowest BCUT2D eigenvalue weighted by Crippen LogP contribution is -2.34. The summed E-state index contributed by atoms with van der Waals surface area (Å²) in [6.07, 6.45) is 7.21. The summed E-state index contributed by atoms with van der Waals surface area (Å²) in [5.74, 6) is 0.141. The molecule has 0 saturated carbocycles. The fourth-order valence-corrected chi connectivity index (χ4v) is 2.46. The molecule has 22 heavy (non-hydrogen) atoms. The van der Waals surface area contributed by atoms with Gasteiger partial charge in [-0.05, 0) is 37.5 Å². The number of halogens is 1. The first-order valence-electron chi connectivity index (χ1n) is 7.36. The molecule has 0 saturated heterocycles. The van der Waals surface area contributed by atoms with E-state index < -0.39 is 5.41 Å². The van der Waals surface area contributed by atoms with Gasteiger partial charge in [0.25, 0.3) is 5.91 Å². The van der Waals surface area contributed by atoms with Crippen molar-refractivity contribution in [2.75, 3.05) is 5.88 Å². The molecule has 1 aliphatic heterocycles. The Hall–Kier alpha value is -1.68. The normalized spacial score (nSPS) is 23.1. The maximum absolute atomic E-state index is 12.1. The maximum Gasteiger partial charge on any atom is 0.253 e. The molecular formula is C17H21ClN2O2. The summed E-state index contributed by atoms with van der Waals surface area (Å²) in [6, 6.07) is 0. The Balaban J connectivity index is 2.30. The van der Waals surface area contributed by atoms with Gasteiger partial charge in [-0.2, -0.15) is 0 Å². The summed E-state index contributed by atoms with van der Waals surface area (Å²) in [6.45, 7) is 7.64. The van der Waals surface area contributed by atoms with E-state index in [0.717, 1.165) is 11.3 Å². The summed E-state index contributed by atoms with van der Waals surface area (Å²) in [7, 11) is 0. The minimum Gasteiger partial charge on any atom is -0.325 e. The molecule has 118 valence electrons. The number of aliphatic imine (C=N–C) groups is 1. The highest BCUT2D eigenvalue weighted by Gasteiger charge is 2.29. The van der Waals surface area contributed by atoms with Crippen LogP contribution in [0.15, 0.2) is 40.6 Å². The van der Waals surface area contributed by atoms with Crippen LogP contribution >= 0.6 is 11.6 Å². The molecule has 1 heterocycles. The Morgan fingerprint density at radius 3 is 2.68 bits per heavy atom. The van der Waals surface area contributed by atoms with Crippen LogP contribution in [0.1, 0.15) is 27.7 Å². The van der Waals surface area contributed by atoms with Crippen molar-refractivity contribution in [1.29, 1.82) is 0 Å². The van der Waals surface area contributed by atoms with Gasteiger partial charge in [0.1, 0.15) is 0 Å². The first kappa shape index (κ1) is 16.7. The fourth-order valence-electron chi connectivity index (χ4n) is 2.34. The van der Waals surface area contributed by atoms with Gasteiger partial charge >= 0.3 is 0 Å². The van der Waals surface area contributed by atoms with Crippen LogP contribution in [0.25, 0.3) is 0 Å². The number of fused-ring (bicyclic) bond motifs is 1. The molecule has 1 aliphatic carbocycles. The van der Waals surface area contributed by atoms with Crippen LogP contribution in [0.2, 0.25) is 0 Å². The third kappa shape index (κ3) is 3.38. The van der Waals surface area contributed by atoms with Crippen molar-refractivity contribution in [2.24, 2.45) is 22.2 Å². The van der Waals surface area contributed by atoms with E-state index in [1.807, 2.05) is 12.2 Å². The van der Waals surface area contributed by atoms with Crippen molar-refractivity contribution in [3.63, 3.8) is 0 Å². The molecule has 0 aromatic rings. The zero-order valence-electron chi connectivity index (χ0n) is 13.3. The first-order chi connectivity index (χ1) is 10.2. The number of nitrogens with zero attached hydrogens (tertiary/aromatic N) is 1. The van der Waals surface area contributed by atoms with E-state index in [4.69, 9.17) is 11.6 Å². The Morgan fingerprint density at radius 1 is 1.41 bits per heavy atom. The number of hydrogen-bond donors (Lipinski definition) is 1. The molecule has 2 amide bonds. The van der Waals surface area contributed by atoms with Crippen molar-refractivity contribution in [2.45, 2.75) is 27.7 Å². The maximum atomic E-state index is 12.1. The lowest BCUT2D eigenvalue weighted by Gasteiger charge is -2.29. The molecule has 2 aliphatic rings. The van der Waals surface area contributed by atoms with Gasteiger partial charge < -0.3 is 5.32 Å². The number of carbonyl (C=O) groups excluding carboxylic acids is 2. The highest BCUT2D eigenvalue weighted by atomic mass is 35.5. The molecule has 1 N–H and O–H groups in total. The van der Waals surface area contributed by atoms with Crippen molar-refractivity contribution < 1.29 is 9.59 Å². The summed E-state index contributed by atoms with van der Waals surface area (Å²) < 4.78 is 0. The summed E-state index contributed by atoms with van der Waals surface area (Å²) in [5, 5.41) is 2.84. The predicted molar refractivity (Wildman–Crippen MR) is 88.7 cm³/mol. The third-order valence-electron chi connectivity index (χ3n) is 3.83. The largest absolute Gasteiger partial charge is 0.325 e. The topological polar surface area (TPSA) is 58.5 Å². The molecular weight excluding hydrogens is 300 g/mol. The van der Waals surface area contributed by atoms with E-state index in [-0.39, 0.29) is 29.5 Å². The Kier molecular flexibility index (Phi) is 4.71. The van der Waals surface area contributed by atoms with Gasteiger partial charge in [-0.15, -0.1) is 11.6 Å². The number of rotatable bonds is 3. The van der Waals surface area contributed by atoms with E-state index in [0.29, 0.717) is 5.71 Å². The quantitative estimate of drug-likeness (QED) is 0.813. The van der Waals surface area contributed by atoms with Crippen molar-refractivity contribution in [1.82, 2.24) is 5.32 Å². The van der Waals surface area contributed by atoms with Gasteiger partial charge in [0.05, 0.1) is 11.1 Å². The molecule has 0 aromatic carbocycles. The van der Waals surface area contributed by atoms with Crippen molar-refractivity contribution >= 4 is 29.1 Å². The molecule has 1 atom stereocenters. The average Bonchev–Trinajstić information content (AvgIpc) is 2.45. The number of hydrogen-bond acceptors (Lipinski definition) is 2. The molecule has 1 unspecified atom stereocenters. The first-order valence-corrected chi connectivity index (χ1v) is 7.89. The number of amides is 2. The Bertz CT molecular complexity index is 625. The van der Waals surface area contributed by atoms with Crippen LogP contribution < -0.4 is 5.32 Å². The molecule has 4 nitrogen and oxygen atoms in total. The van der Waals surface area contributed by atoms with E-state index in [9.17, 15) is 9.59 Å². The number of alkyl halides is 1. The minimum atomic E-state index is -0.698. The van der Waals surface area contributed by atoms with E-state index in [2.05, 4.69) is 24.2 Å². The number of nitrogens with one attached hydrogen (secondary N) is 1. The standard InChI is InChI=1S/C17H21ClN2O2/c1-10(2)13-8-15(21)20-14-7-11(5-6-12(13)14)19-16(22)17(3,4)9-18/h5-8,10,12H,9H2,1-4H3,(H,20,21). The smallest absolute Gasteiger partial charge is 0.253 e. The van der Waals surface area contributed by atoms with Crippen molar-refractivity contribution in [3.8, 4) is 0 Å². The molecule has 0 spiro atoms. The van der Waals surface area contributed by atoms with Crippen LogP contribution in [-0.4, -0.2) is 23.4 Å². The van der Waals surface area contributed by atoms with Crippen LogP contribution in [0.3, 0.4) is 0 Å². The van der Waals surface area contributed by atoms with Gasteiger partial charge in [-0.3, -0.25) is 9.59 Å². The predicted octanol–water partition coefficient (Wildman–Crippen LogP) is 3.00. The molecule has 0 aromatic heterocycles. The van der Waals surface area contributed by atoms with Crippen LogP contribution in [0.4, 0.5) is 0 Å². The summed E-state index contributed by atoms with van der Waals surface area (Å²) in [4.78, 5) is 28.0. The number of allylic oxidation sites excluding steroid dienone is 3. The zero-order chi connectivity index (χ0) is 16.5. The van der Waals surface area contributed by atoms with Gasteiger partial charge in [0, 0.05) is 23.6 Å². The zero-order valence-corrected chi connectivity index (χ0v) is 14.1. The SMILES string of the molecule is CC(C)C1=CC(=O)NC2=CC(=NC(=O)C(C)(C)CCl)C=CC21. The average molecular weight is 321 g/mol. The molecule has 5 heteroatoms. The molecule has 0 fully saturated rings. The van der Waals surface area contributed by atoms with E-state index >= 15 is 0 Å². The molecule has 0 radical (unpaired) electrons. The van der Waals surface area contributed by atoms with Crippen LogP contribution in [-0.2, 0) is 9.59 Å². The number of carbonyl (C=O) groups is 2. The Labute approximate surface area is 136 Å². The summed E-state index contributed by atoms with van der Waals surface area (Å²) >= 11 is 5.80. The lowest BCUT2D eigenvalue weighted by atomic mass is 9.82.